The van der Waals surface area contributed by atoms with Crippen molar-refractivity contribution in [1.29, 1.82) is 0 Å². The minimum atomic E-state index is 0. The molecule has 3 nitrogen and oxygen atoms in total. The van der Waals surface area contributed by atoms with Crippen LogP contribution in [0, 0.1) is 0 Å². The predicted octanol–water partition coefficient (Wildman–Crippen LogP) is -0.361. The van der Waals surface area contributed by atoms with Gasteiger partial charge >= 0.3 is 37.6 Å². The molecule has 0 aromatic heterocycles. The number of rotatable bonds is 0. The number of hydrogen-bond donors (Lipinski definition) is 0. The second kappa shape index (κ2) is 74.1. The molecule has 0 aromatic rings. The second-order valence-electron chi connectivity index (χ2n) is 0. The Morgan fingerprint density at radius 2 is 0.600 bits per heavy atom. The van der Waals surface area contributed by atoms with Gasteiger partial charge in [-0.3, -0.25) is 0 Å². The van der Waals surface area contributed by atoms with E-state index in [0.29, 0.717) is 0 Å². The Bertz CT molecular complexity index is 6.85. The van der Waals surface area contributed by atoms with Crippen molar-refractivity contribution in [2.45, 2.75) is 0 Å². The van der Waals surface area contributed by atoms with Crippen LogP contribution in [0.15, 0.2) is 0 Å². The summed E-state index contributed by atoms with van der Waals surface area (Å²) in [5.41, 5.74) is 0. The molecule has 0 amide bonds. The monoisotopic (exact) mass is 301 g/mol. The molecule has 0 aliphatic heterocycles. The summed E-state index contributed by atoms with van der Waals surface area (Å²) >= 11 is 0. The molecule has 0 fully saturated rings. The van der Waals surface area contributed by atoms with Gasteiger partial charge in [-0.15, -0.1) is 0 Å². The summed E-state index contributed by atoms with van der Waals surface area (Å²) < 4.78 is 0. The molecule has 0 heterocycles. The van der Waals surface area contributed by atoms with Crippen LogP contribution < -0.4 is 0 Å². The Morgan fingerprint density at radius 1 is 0.600 bits per heavy atom. The Morgan fingerprint density at radius 3 is 0.600 bits per heavy atom. The second-order valence-corrected chi connectivity index (χ2v) is 0. The van der Waals surface area contributed by atoms with Crippen LogP contribution in [0.1, 0.15) is 0 Å². The molecule has 0 aliphatic rings. The average Bonchev–Trinajstić information content (AvgIpc) is 0. The van der Waals surface area contributed by atoms with E-state index in [2.05, 4.69) is 0 Å². The molecule has 5 heavy (non-hydrogen) atoms. The third-order valence-electron chi connectivity index (χ3n) is 0. The van der Waals surface area contributed by atoms with Crippen LogP contribution in [0.25, 0.3) is 0 Å². The first-order valence-electron chi connectivity index (χ1n) is 0. The van der Waals surface area contributed by atoms with Crippen LogP contribution in [0.2, 0.25) is 0 Å². The van der Waals surface area contributed by atoms with Gasteiger partial charge in [0.05, 0.1) is 0 Å². The van der Waals surface area contributed by atoms with E-state index in [1.807, 2.05) is 0 Å². The average molecular weight is 302 g/mol. The summed E-state index contributed by atoms with van der Waals surface area (Å²) in [6.07, 6.45) is 0. The Kier molecular flexibility index (Phi) is 2040. The van der Waals surface area contributed by atoms with Gasteiger partial charge in [0.2, 0.25) is 0 Å². The van der Waals surface area contributed by atoms with Crippen LogP contribution in [-0.4, -0.2) is 0 Å². The minimum Gasteiger partial charge on any atom is -2.00 e. The maximum atomic E-state index is 0. The quantitative estimate of drug-likeness (QED) is 0.547. The van der Waals surface area contributed by atoms with Crippen molar-refractivity contribution in [3.8, 4) is 0 Å². The summed E-state index contributed by atoms with van der Waals surface area (Å²) in [5.74, 6) is 0. The molecule has 0 N–H and O–H groups in total. The molecule has 0 aromatic carbocycles. The van der Waals surface area contributed by atoms with Gasteiger partial charge in [0.15, 0.2) is 0 Å². The topological polar surface area (TPSA) is 85.5 Å². The summed E-state index contributed by atoms with van der Waals surface area (Å²) in [6, 6.07) is 0. The van der Waals surface area contributed by atoms with Gasteiger partial charge in [0.1, 0.15) is 0 Å². The smallest absolute Gasteiger partial charge is 2.00 e. The molecule has 0 radical (unpaired) electrons. The third-order valence-corrected chi connectivity index (χ3v) is 0. The van der Waals surface area contributed by atoms with Crippen LogP contribution in [0.4, 0.5) is 0 Å². The molecule has 0 saturated heterocycles. The van der Waals surface area contributed by atoms with E-state index in [1.165, 1.54) is 0 Å². The number of hydrogen-bond acceptors (Lipinski definition) is 0. The van der Waals surface area contributed by atoms with Crippen molar-refractivity contribution < 1.29 is 54.0 Å². The van der Waals surface area contributed by atoms with Crippen molar-refractivity contribution in [2.24, 2.45) is 0 Å². The predicted molar refractivity (Wildman–Crippen MR) is 2.06 cm³/mol. The zero-order valence-electron chi connectivity index (χ0n) is 1.86. The van der Waals surface area contributed by atoms with E-state index in [4.69, 9.17) is 0 Å². The Labute approximate surface area is 54.2 Å². The van der Waals surface area contributed by atoms with Gasteiger partial charge in [-0.25, -0.2) is 0 Å². The van der Waals surface area contributed by atoms with Crippen LogP contribution in [-0.2, 0) is 54.0 Å². The first-order chi connectivity index (χ1) is 0. The van der Waals surface area contributed by atoms with Crippen molar-refractivity contribution in [3.63, 3.8) is 0 Å². The van der Waals surface area contributed by atoms with Crippen LogP contribution in [0.3, 0.4) is 0 Å². The van der Waals surface area contributed by atoms with Gasteiger partial charge in [0.25, 0.3) is 0 Å². The van der Waals surface area contributed by atoms with E-state index < -0.39 is 0 Å². The largest absolute Gasteiger partial charge is 4.00 e. The van der Waals surface area contributed by atoms with Crippen molar-refractivity contribution >= 4 is 0 Å². The van der Waals surface area contributed by atoms with Gasteiger partial charge in [0, 0.05) is 0 Å². The van der Waals surface area contributed by atoms with Gasteiger partial charge in [-0.05, 0) is 0 Å². The fourth-order valence-electron chi connectivity index (χ4n) is 0. The molecule has 0 bridgehead atoms. The van der Waals surface area contributed by atoms with Gasteiger partial charge in [-0.2, -0.15) is 0 Å². The van der Waals surface area contributed by atoms with Gasteiger partial charge in [-0.1, -0.05) is 0 Å². The molecule has 0 aliphatic carbocycles. The van der Waals surface area contributed by atoms with E-state index in [0.717, 1.165) is 0 Å². The maximum Gasteiger partial charge on any atom is 4.00 e. The summed E-state index contributed by atoms with van der Waals surface area (Å²) in [4.78, 5) is 0. The van der Waals surface area contributed by atoms with Crippen molar-refractivity contribution in [2.75, 3.05) is 0 Å². The van der Waals surface area contributed by atoms with E-state index in [1.54, 1.807) is 0 Å². The minimum absolute atomic E-state index is 0. The SMILES string of the molecule is [Ni+2].[O-2].[O-2].[O-2].[Pt+4]. The van der Waals surface area contributed by atoms with Crippen molar-refractivity contribution in [3.05, 3.63) is 0 Å². The van der Waals surface area contributed by atoms with Crippen molar-refractivity contribution in [1.82, 2.24) is 0 Å². The van der Waals surface area contributed by atoms with E-state index in [-0.39, 0.29) is 54.0 Å². The molecule has 38 valence electrons. The molecule has 0 unspecified atom stereocenters. The Hall–Kier alpha value is 1.06. The van der Waals surface area contributed by atoms with Crippen LogP contribution in [0.5, 0.6) is 0 Å². The third kappa shape index (κ3) is 42.1. The van der Waals surface area contributed by atoms with Crippen LogP contribution >= 0.6 is 0 Å². The zero-order chi connectivity index (χ0) is 0. The molecular weight excluding hydrogens is 302 g/mol. The zero-order valence-corrected chi connectivity index (χ0v) is 5.12. The molecule has 0 spiro atoms. The van der Waals surface area contributed by atoms with E-state index in [9.17, 15) is 0 Å². The fraction of sp³-hybridized carbons (Fsp3) is 0. The summed E-state index contributed by atoms with van der Waals surface area (Å²) in [7, 11) is 0. The first-order valence-corrected chi connectivity index (χ1v) is 0. The molecule has 0 rings (SSSR count). The van der Waals surface area contributed by atoms with Gasteiger partial charge < -0.3 is 16.4 Å². The molecule has 5 heteroatoms. The first kappa shape index (κ1) is 138. The molecule has 0 atom stereocenters. The standard InChI is InChI=1S/Ni.3O.Pt/q+2;3*-2;+4. The maximum absolute atomic E-state index is 0. The Balaban J connectivity index is 0. The summed E-state index contributed by atoms with van der Waals surface area (Å²) in [5, 5.41) is 0. The molecule has 0 saturated carbocycles. The summed E-state index contributed by atoms with van der Waals surface area (Å²) in [6.45, 7) is 0. The normalized spacial score (nSPS) is 0. The molecular formula is NiO3Pt. The fourth-order valence-corrected chi connectivity index (χ4v) is 0. The van der Waals surface area contributed by atoms with E-state index >= 15 is 0 Å².